The molecule has 5 rings (SSSR count). The number of hydrogen-bond acceptors (Lipinski definition) is 5. The van der Waals surface area contributed by atoms with Gasteiger partial charge in [0.25, 0.3) is 6.17 Å². The summed E-state index contributed by atoms with van der Waals surface area (Å²) in [6.45, 7) is 5.55. The number of nitrogens with zero attached hydrogens (tertiary/aromatic N) is 3. The minimum absolute atomic E-state index is 0.180. The first-order valence-electron chi connectivity index (χ1n) is 11.6. The Balaban J connectivity index is 1.66. The Bertz CT molecular complexity index is 1550. The summed E-state index contributed by atoms with van der Waals surface area (Å²) in [5.74, 6) is 0.963. The van der Waals surface area contributed by atoms with E-state index >= 15 is 0 Å². The molecule has 0 bridgehead atoms. The lowest BCUT2D eigenvalue weighted by atomic mass is 10.0. The van der Waals surface area contributed by atoms with Gasteiger partial charge >= 0.3 is 11.3 Å². The van der Waals surface area contributed by atoms with E-state index in [1.54, 1.807) is 15.7 Å². The number of H-pyrrole nitrogens is 1. The van der Waals surface area contributed by atoms with Crippen molar-refractivity contribution in [3.8, 4) is 17.0 Å². The van der Waals surface area contributed by atoms with Gasteiger partial charge in [-0.05, 0) is 46.6 Å². The molecule has 0 saturated heterocycles. The molecule has 0 saturated carbocycles. The van der Waals surface area contributed by atoms with Crippen molar-refractivity contribution in [3.05, 3.63) is 112 Å². The van der Waals surface area contributed by atoms with Gasteiger partial charge < -0.3 is 4.74 Å². The Morgan fingerprint density at radius 2 is 1.97 bits per heavy atom. The van der Waals surface area contributed by atoms with E-state index in [9.17, 15) is 9.59 Å². The molecule has 0 fully saturated rings. The maximum Gasteiger partial charge on any atom is 0.325 e. The largest absolute Gasteiger partial charge is 0.490 e. The Morgan fingerprint density at radius 1 is 1.19 bits per heavy atom. The van der Waals surface area contributed by atoms with E-state index in [0.29, 0.717) is 45.2 Å². The summed E-state index contributed by atoms with van der Waals surface area (Å²) in [5.41, 5.74) is 3.02. The molecule has 1 aromatic heterocycles. The van der Waals surface area contributed by atoms with Gasteiger partial charge in [0.15, 0.2) is 0 Å². The Labute approximate surface area is 223 Å². The quantitative estimate of drug-likeness (QED) is 0.203. The van der Waals surface area contributed by atoms with Gasteiger partial charge in [-0.2, -0.15) is 0 Å². The smallest absolute Gasteiger partial charge is 0.325 e. The molecule has 2 heterocycles. The maximum atomic E-state index is 13.5. The predicted molar refractivity (Wildman–Crippen MR) is 145 cm³/mol. The van der Waals surface area contributed by atoms with Crippen LogP contribution >= 0.6 is 23.4 Å². The number of amides is 1. The second-order valence-electron chi connectivity index (χ2n) is 8.38. The number of thioether (sulfide) groups is 1. The molecule has 37 heavy (non-hydrogen) atoms. The van der Waals surface area contributed by atoms with Crippen molar-refractivity contribution >= 4 is 35.0 Å². The molecule has 1 N–H and O–H groups in total. The minimum Gasteiger partial charge on any atom is -0.490 e. The first kappa shape index (κ1) is 24.8. The fourth-order valence-corrected chi connectivity index (χ4v) is 5.50. The van der Waals surface area contributed by atoms with Gasteiger partial charge in [-0.25, -0.2) is 4.90 Å². The number of fused-ring (bicyclic) bond motifs is 3. The highest BCUT2D eigenvalue weighted by Crippen LogP contribution is 2.38. The summed E-state index contributed by atoms with van der Waals surface area (Å²) in [4.78, 5) is 31.1. The third-order valence-corrected chi connectivity index (χ3v) is 7.22. The van der Waals surface area contributed by atoms with Crippen LogP contribution in [0.25, 0.3) is 11.3 Å². The fraction of sp³-hybridized carbons (Fsp3) is 0.143. The van der Waals surface area contributed by atoms with E-state index < -0.39 is 6.17 Å². The number of carbonyl (C=O) groups is 1. The van der Waals surface area contributed by atoms with Crippen LogP contribution in [0, 0.1) is 0 Å². The van der Waals surface area contributed by atoms with Gasteiger partial charge in [-0.1, -0.05) is 72.4 Å². The highest BCUT2D eigenvalue weighted by Gasteiger charge is 2.45. The number of rotatable bonds is 7. The minimum atomic E-state index is -0.698. The molecule has 0 radical (unpaired) electrons. The molecule has 0 aliphatic carbocycles. The zero-order chi connectivity index (χ0) is 25.9. The molecule has 1 aliphatic rings. The number of anilines is 1. The number of benzene rings is 3. The number of aromatic amines is 1. The third kappa shape index (κ3) is 4.90. The molecule has 1 aliphatic heterocycles. The van der Waals surface area contributed by atoms with Crippen molar-refractivity contribution in [2.24, 2.45) is 0 Å². The molecule has 9 heteroatoms. The van der Waals surface area contributed by atoms with Crippen LogP contribution < -0.4 is 19.9 Å². The highest BCUT2D eigenvalue weighted by atomic mass is 35.5. The predicted octanol–water partition coefficient (Wildman–Crippen LogP) is 5.15. The monoisotopic (exact) mass is 531 g/mol. The second kappa shape index (κ2) is 10.6. The zero-order valence-electron chi connectivity index (χ0n) is 20.1. The van der Waals surface area contributed by atoms with Crippen molar-refractivity contribution in [2.45, 2.75) is 24.0 Å². The normalized spacial score (nSPS) is 14.0. The van der Waals surface area contributed by atoms with E-state index in [2.05, 4.69) is 11.6 Å². The maximum absolute atomic E-state index is 13.5. The number of nitrogens with one attached hydrogen (secondary N) is 1. The Kier molecular flexibility index (Phi) is 7.12. The number of halogens is 1. The average Bonchev–Trinajstić information content (AvgIpc) is 2.90. The van der Waals surface area contributed by atoms with Crippen LogP contribution in [-0.4, -0.2) is 22.6 Å². The van der Waals surface area contributed by atoms with Gasteiger partial charge in [0.05, 0.1) is 11.3 Å². The van der Waals surface area contributed by atoms with Gasteiger partial charge in [0.1, 0.15) is 12.4 Å². The average molecular weight is 532 g/mol. The molecule has 1 unspecified atom stereocenters. The first-order valence-corrected chi connectivity index (χ1v) is 13.0. The first-order chi connectivity index (χ1) is 18.0. The van der Waals surface area contributed by atoms with Crippen molar-refractivity contribution in [1.82, 2.24) is 10.1 Å². The topological polar surface area (TPSA) is 79.2 Å². The highest BCUT2D eigenvalue weighted by molar-refractivity contribution is 7.98. The molecule has 1 atom stereocenters. The van der Waals surface area contributed by atoms with E-state index in [4.69, 9.17) is 21.4 Å². The number of carbonyl (C=O) groups excluding carboxylic acids is 1. The Morgan fingerprint density at radius 3 is 2.76 bits per heavy atom. The SMILES string of the molecule is C=CCOc1cccc(C2N(C(C)=O)c3ccccc3-c3c(=O)[nH]c(SCc4ccccc4Cl)n[n+]32)c1. The summed E-state index contributed by atoms with van der Waals surface area (Å²) in [6, 6.07) is 22.3. The zero-order valence-corrected chi connectivity index (χ0v) is 21.6. The molecule has 7 nitrogen and oxygen atoms in total. The van der Waals surface area contributed by atoms with Crippen LogP contribution in [-0.2, 0) is 10.5 Å². The van der Waals surface area contributed by atoms with Crippen LogP contribution in [0.4, 0.5) is 5.69 Å². The molecule has 4 aromatic rings. The van der Waals surface area contributed by atoms with E-state index in [-0.39, 0.29) is 11.5 Å². The summed E-state index contributed by atoms with van der Waals surface area (Å²) in [7, 11) is 0. The molecule has 186 valence electrons. The number of ether oxygens (including phenoxy) is 1. The molecule has 3 aromatic carbocycles. The van der Waals surface area contributed by atoms with Crippen LogP contribution in [0.5, 0.6) is 5.75 Å². The van der Waals surface area contributed by atoms with E-state index in [1.807, 2.05) is 72.8 Å². The standard InChI is InChI=1S/C28H23ClN4O3S/c1-3-15-36-21-11-8-10-19(16-21)27-32(18(2)34)24-14-7-5-12-22(24)25-26(35)30-28(31-33(25)27)37-17-20-9-4-6-13-23(20)29/h3-14,16,27H,1,15,17H2,2H3/p+1. The molecule has 0 spiro atoms. The summed E-state index contributed by atoms with van der Waals surface area (Å²) < 4.78 is 7.38. The molecule has 1 amide bonds. The van der Waals surface area contributed by atoms with Crippen molar-refractivity contribution in [3.63, 3.8) is 0 Å². The lowest BCUT2D eigenvalue weighted by molar-refractivity contribution is -0.763. The van der Waals surface area contributed by atoms with Gasteiger partial charge in [0.2, 0.25) is 11.1 Å². The van der Waals surface area contributed by atoms with E-state index in [0.717, 1.165) is 11.1 Å². The van der Waals surface area contributed by atoms with Crippen molar-refractivity contribution < 1.29 is 14.2 Å². The number of hydrogen-bond donors (Lipinski definition) is 1. The number of aromatic nitrogens is 3. The van der Waals surface area contributed by atoms with Crippen LogP contribution in [0.3, 0.4) is 0 Å². The summed E-state index contributed by atoms with van der Waals surface area (Å²) in [5, 5.41) is 5.89. The lowest BCUT2D eigenvalue weighted by Gasteiger charge is -2.31. The van der Waals surface area contributed by atoms with Crippen molar-refractivity contribution in [2.75, 3.05) is 11.5 Å². The summed E-state index contributed by atoms with van der Waals surface area (Å²) >= 11 is 7.69. The molecular formula is C28H24ClN4O3S+. The van der Waals surface area contributed by atoms with Gasteiger partial charge in [0, 0.05) is 28.4 Å². The second-order valence-corrected chi connectivity index (χ2v) is 9.76. The lowest BCUT2D eigenvalue weighted by Crippen LogP contribution is -2.60. The van der Waals surface area contributed by atoms with Crippen LogP contribution in [0.15, 0.2) is 95.4 Å². The molecular weight excluding hydrogens is 508 g/mol. The van der Waals surface area contributed by atoms with E-state index in [1.165, 1.54) is 18.7 Å². The van der Waals surface area contributed by atoms with Crippen molar-refractivity contribution in [1.29, 1.82) is 0 Å². The Hall–Kier alpha value is -3.88. The van der Waals surface area contributed by atoms with Gasteiger partial charge in [-0.15, -0.1) is 0 Å². The summed E-state index contributed by atoms with van der Waals surface area (Å²) in [6.07, 6.45) is 0.968. The van der Waals surface area contributed by atoms with Crippen LogP contribution in [0.2, 0.25) is 5.02 Å². The fourth-order valence-electron chi connectivity index (χ4n) is 4.36. The number of para-hydroxylation sites is 1. The third-order valence-electron chi connectivity index (χ3n) is 5.94. The van der Waals surface area contributed by atoms with Crippen LogP contribution in [0.1, 0.15) is 24.2 Å². The van der Waals surface area contributed by atoms with Gasteiger partial charge in [-0.3, -0.25) is 14.6 Å².